The molecule has 2 aliphatic heterocycles. The summed E-state index contributed by atoms with van der Waals surface area (Å²) < 4.78 is 10.9. The lowest BCUT2D eigenvalue weighted by Gasteiger charge is -2.32. The Morgan fingerprint density at radius 3 is 2.52 bits per heavy atom. The Labute approximate surface area is 125 Å². The monoisotopic (exact) mass is 281 g/mol. The molecule has 3 heteroatoms. The van der Waals surface area contributed by atoms with Gasteiger partial charge in [-0.25, -0.2) is 0 Å². The Balaban J connectivity index is 1.87. The molecule has 0 spiro atoms. The topological polar surface area (TPSA) is 21.7 Å². The van der Waals surface area contributed by atoms with Crippen LogP contribution >= 0.6 is 0 Å². The van der Waals surface area contributed by atoms with Crippen molar-refractivity contribution in [2.75, 3.05) is 20.8 Å². The molecule has 2 aromatic carbocycles. The molecule has 0 N–H and O–H groups in total. The molecule has 0 bridgehead atoms. The van der Waals surface area contributed by atoms with Crippen LogP contribution in [0.4, 0.5) is 0 Å². The third kappa shape index (κ3) is 1.84. The molecule has 2 aromatic rings. The van der Waals surface area contributed by atoms with Crippen LogP contribution in [0.2, 0.25) is 0 Å². The predicted octanol–water partition coefficient (Wildman–Crippen LogP) is 3.16. The Morgan fingerprint density at radius 1 is 0.952 bits per heavy atom. The van der Waals surface area contributed by atoms with Gasteiger partial charge in [0.25, 0.3) is 0 Å². The van der Waals surface area contributed by atoms with Gasteiger partial charge in [0, 0.05) is 13.1 Å². The van der Waals surface area contributed by atoms with Crippen molar-refractivity contribution in [3.05, 3.63) is 58.7 Å². The standard InChI is InChI=1S/C18H19NO2/c1-20-16-9-13-11-19-8-7-12-5-3-4-6-14(12)18(19)15(13)10-17(16)21-2/h3-6,9-10,18H,7-8,11H2,1-2H3. The van der Waals surface area contributed by atoms with E-state index in [0.29, 0.717) is 6.04 Å². The molecule has 108 valence electrons. The van der Waals surface area contributed by atoms with Crippen LogP contribution in [0.15, 0.2) is 36.4 Å². The number of fused-ring (bicyclic) bond motifs is 5. The van der Waals surface area contributed by atoms with Crippen LogP contribution in [0.3, 0.4) is 0 Å². The number of rotatable bonds is 2. The van der Waals surface area contributed by atoms with Crippen molar-refractivity contribution >= 4 is 0 Å². The Hall–Kier alpha value is -2.00. The lowest BCUT2D eigenvalue weighted by molar-refractivity contribution is 0.232. The van der Waals surface area contributed by atoms with E-state index in [1.54, 1.807) is 14.2 Å². The van der Waals surface area contributed by atoms with Gasteiger partial charge in [-0.3, -0.25) is 4.90 Å². The summed E-state index contributed by atoms with van der Waals surface area (Å²) in [6.45, 7) is 2.11. The van der Waals surface area contributed by atoms with E-state index in [4.69, 9.17) is 9.47 Å². The summed E-state index contributed by atoms with van der Waals surface area (Å²) in [6.07, 6.45) is 1.13. The molecule has 0 aromatic heterocycles. The molecule has 1 atom stereocenters. The van der Waals surface area contributed by atoms with Crippen LogP contribution in [-0.2, 0) is 13.0 Å². The quantitative estimate of drug-likeness (QED) is 0.844. The first-order chi connectivity index (χ1) is 10.3. The normalized spacial score (nSPS) is 19.6. The van der Waals surface area contributed by atoms with Gasteiger partial charge in [-0.15, -0.1) is 0 Å². The Bertz CT molecular complexity index is 696. The van der Waals surface area contributed by atoms with E-state index < -0.39 is 0 Å². The van der Waals surface area contributed by atoms with Crippen molar-refractivity contribution < 1.29 is 9.47 Å². The van der Waals surface area contributed by atoms with E-state index in [1.807, 2.05) is 0 Å². The van der Waals surface area contributed by atoms with Gasteiger partial charge in [0.05, 0.1) is 20.3 Å². The third-order valence-electron chi connectivity index (χ3n) is 4.70. The van der Waals surface area contributed by atoms with Crippen molar-refractivity contribution in [2.45, 2.75) is 19.0 Å². The SMILES string of the molecule is COc1cc2c(cc1OC)C1c3ccccc3CCN1C2. The molecule has 0 fully saturated rings. The molecule has 0 saturated heterocycles. The molecule has 21 heavy (non-hydrogen) atoms. The zero-order valence-electron chi connectivity index (χ0n) is 12.4. The Kier molecular flexibility index (Phi) is 2.89. The van der Waals surface area contributed by atoms with E-state index in [2.05, 4.69) is 41.3 Å². The van der Waals surface area contributed by atoms with Crippen LogP contribution < -0.4 is 9.47 Å². The zero-order valence-corrected chi connectivity index (χ0v) is 12.4. The fourth-order valence-electron chi connectivity index (χ4n) is 3.70. The zero-order chi connectivity index (χ0) is 14.4. The van der Waals surface area contributed by atoms with Crippen LogP contribution in [0, 0.1) is 0 Å². The van der Waals surface area contributed by atoms with Gasteiger partial charge in [0.2, 0.25) is 0 Å². The first-order valence-corrected chi connectivity index (χ1v) is 7.38. The second-order valence-electron chi connectivity index (χ2n) is 5.73. The van der Waals surface area contributed by atoms with Crippen LogP contribution in [0.25, 0.3) is 0 Å². The number of benzene rings is 2. The average Bonchev–Trinajstić information content (AvgIpc) is 2.91. The van der Waals surface area contributed by atoms with E-state index in [1.165, 1.54) is 22.3 Å². The maximum Gasteiger partial charge on any atom is 0.161 e. The Morgan fingerprint density at radius 2 is 1.71 bits per heavy atom. The predicted molar refractivity (Wildman–Crippen MR) is 81.9 cm³/mol. The molecule has 2 heterocycles. The van der Waals surface area contributed by atoms with E-state index in [-0.39, 0.29) is 0 Å². The van der Waals surface area contributed by atoms with Crippen molar-refractivity contribution in [3.8, 4) is 11.5 Å². The molecule has 0 saturated carbocycles. The molecule has 4 rings (SSSR count). The van der Waals surface area contributed by atoms with Gasteiger partial charge in [-0.1, -0.05) is 24.3 Å². The van der Waals surface area contributed by atoms with Crippen molar-refractivity contribution in [2.24, 2.45) is 0 Å². The van der Waals surface area contributed by atoms with Gasteiger partial charge in [-0.2, -0.15) is 0 Å². The highest BCUT2D eigenvalue weighted by Gasteiger charge is 2.36. The van der Waals surface area contributed by atoms with Gasteiger partial charge < -0.3 is 9.47 Å². The number of hydrogen-bond donors (Lipinski definition) is 0. The van der Waals surface area contributed by atoms with Gasteiger partial charge in [0.15, 0.2) is 11.5 Å². The minimum Gasteiger partial charge on any atom is -0.493 e. The molecule has 0 amide bonds. The minimum absolute atomic E-state index is 0.366. The summed E-state index contributed by atoms with van der Waals surface area (Å²) in [4.78, 5) is 2.55. The molecule has 3 nitrogen and oxygen atoms in total. The fraction of sp³-hybridized carbons (Fsp3) is 0.333. The highest BCUT2D eigenvalue weighted by molar-refractivity contribution is 5.54. The summed E-state index contributed by atoms with van der Waals surface area (Å²) in [5.41, 5.74) is 5.63. The molecule has 0 aliphatic carbocycles. The molecule has 1 unspecified atom stereocenters. The maximum atomic E-state index is 5.49. The first kappa shape index (κ1) is 12.7. The minimum atomic E-state index is 0.366. The van der Waals surface area contributed by atoms with Crippen molar-refractivity contribution in [3.63, 3.8) is 0 Å². The second-order valence-corrected chi connectivity index (χ2v) is 5.73. The smallest absolute Gasteiger partial charge is 0.161 e. The largest absolute Gasteiger partial charge is 0.493 e. The molecule has 2 aliphatic rings. The molecular formula is C18H19NO2. The lowest BCUT2D eigenvalue weighted by atomic mass is 9.90. The van der Waals surface area contributed by atoms with Gasteiger partial charge >= 0.3 is 0 Å². The van der Waals surface area contributed by atoms with Crippen LogP contribution in [-0.4, -0.2) is 25.7 Å². The van der Waals surface area contributed by atoms with Crippen molar-refractivity contribution in [1.82, 2.24) is 4.90 Å². The second kappa shape index (κ2) is 4.78. The third-order valence-corrected chi connectivity index (χ3v) is 4.70. The van der Waals surface area contributed by atoms with Crippen molar-refractivity contribution in [1.29, 1.82) is 0 Å². The molecular weight excluding hydrogens is 262 g/mol. The van der Waals surface area contributed by atoms with E-state index in [0.717, 1.165) is 31.0 Å². The maximum absolute atomic E-state index is 5.49. The fourth-order valence-corrected chi connectivity index (χ4v) is 3.70. The summed E-state index contributed by atoms with van der Waals surface area (Å²) in [5.74, 6) is 1.64. The van der Waals surface area contributed by atoms with Crippen LogP contribution in [0.1, 0.15) is 28.3 Å². The average molecular weight is 281 g/mol. The summed E-state index contributed by atoms with van der Waals surface area (Å²) >= 11 is 0. The highest BCUT2D eigenvalue weighted by Crippen LogP contribution is 2.46. The summed E-state index contributed by atoms with van der Waals surface area (Å²) in [6, 6.07) is 13.4. The van der Waals surface area contributed by atoms with E-state index in [9.17, 15) is 0 Å². The van der Waals surface area contributed by atoms with Crippen LogP contribution in [0.5, 0.6) is 11.5 Å². The van der Waals surface area contributed by atoms with Gasteiger partial charge in [-0.05, 0) is 40.8 Å². The molecule has 0 radical (unpaired) electrons. The summed E-state index contributed by atoms with van der Waals surface area (Å²) in [5, 5.41) is 0. The number of ether oxygens (including phenoxy) is 2. The first-order valence-electron chi connectivity index (χ1n) is 7.38. The summed E-state index contributed by atoms with van der Waals surface area (Å²) in [7, 11) is 3.40. The lowest BCUT2D eigenvalue weighted by Crippen LogP contribution is -2.30. The highest BCUT2D eigenvalue weighted by atomic mass is 16.5. The number of methoxy groups -OCH3 is 2. The number of hydrogen-bond acceptors (Lipinski definition) is 3. The van der Waals surface area contributed by atoms with Gasteiger partial charge in [0.1, 0.15) is 0 Å². The number of nitrogens with zero attached hydrogens (tertiary/aromatic N) is 1. The van der Waals surface area contributed by atoms with E-state index >= 15 is 0 Å².